The predicted octanol–water partition coefficient (Wildman–Crippen LogP) is -1.83. The minimum Gasteiger partial charge on any atom is -0.549 e. The third-order valence-electron chi connectivity index (χ3n) is 2.90. The number of aliphatic carboxylic acids is 1. The van der Waals surface area contributed by atoms with Gasteiger partial charge in [0.1, 0.15) is 5.75 Å². The molecule has 0 saturated carbocycles. The number of carbonyl (C=O) groups is 1. The van der Waals surface area contributed by atoms with Crippen LogP contribution in [-0.4, -0.2) is 18.1 Å². The number of pyridine rings is 1. The fourth-order valence-electron chi connectivity index (χ4n) is 1.93. The molecule has 0 spiro atoms. The fraction of sp³-hybridized carbons (Fsp3) is 0.200. The second kappa shape index (κ2) is 8.04. The summed E-state index contributed by atoms with van der Waals surface area (Å²) in [4.78, 5) is 15.4. The summed E-state index contributed by atoms with van der Waals surface area (Å²) in [6, 6.07) is 12.5. The second-order valence-electron chi connectivity index (χ2n) is 4.18. The molecule has 5 heteroatoms. The van der Waals surface area contributed by atoms with E-state index in [-0.39, 0.29) is 29.6 Å². The van der Waals surface area contributed by atoms with E-state index < -0.39 is 11.9 Å². The zero-order valence-corrected chi connectivity index (χ0v) is 13.6. The molecule has 0 amide bonds. The van der Waals surface area contributed by atoms with Gasteiger partial charge in [-0.3, -0.25) is 4.98 Å². The van der Waals surface area contributed by atoms with Gasteiger partial charge in [-0.05, 0) is 36.2 Å². The van der Waals surface area contributed by atoms with E-state index in [2.05, 4.69) is 4.98 Å². The number of hydrogen-bond donors (Lipinski definition) is 0. The Kier molecular flexibility index (Phi) is 6.71. The third-order valence-corrected chi connectivity index (χ3v) is 2.90. The van der Waals surface area contributed by atoms with Crippen molar-refractivity contribution >= 4 is 5.97 Å². The molecule has 2 rings (SSSR count). The second-order valence-corrected chi connectivity index (χ2v) is 4.18. The van der Waals surface area contributed by atoms with Gasteiger partial charge in [0, 0.05) is 17.8 Å². The van der Waals surface area contributed by atoms with E-state index >= 15 is 0 Å². The van der Waals surface area contributed by atoms with Crippen LogP contribution in [0, 0.1) is 0 Å². The van der Waals surface area contributed by atoms with E-state index in [1.54, 1.807) is 31.5 Å². The first-order valence-electron chi connectivity index (χ1n) is 5.95. The standard InChI is InChI=1S/C15H15NO3.Na/c1-19-12-6-4-5-11(9-12)10-13(15(17)18)14-7-2-3-8-16-14;/h2-9,13H,10H2,1H3,(H,17,18);/q;+1/p-1. The third kappa shape index (κ3) is 4.34. The van der Waals surface area contributed by atoms with Crippen LogP contribution in [0.1, 0.15) is 17.2 Å². The molecular formula is C15H14NNaO3. The Labute approximate surface area is 140 Å². The van der Waals surface area contributed by atoms with Gasteiger partial charge >= 0.3 is 29.6 Å². The van der Waals surface area contributed by atoms with Crippen molar-refractivity contribution in [3.05, 3.63) is 59.9 Å². The Bertz CT molecular complexity index is 560. The van der Waals surface area contributed by atoms with Crippen LogP contribution in [0.15, 0.2) is 48.7 Å². The number of methoxy groups -OCH3 is 1. The molecule has 1 aromatic carbocycles. The van der Waals surface area contributed by atoms with Crippen LogP contribution in [0.3, 0.4) is 0 Å². The van der Waals surface area contributed by atoms with Gasteiger partial charge in [-0.2, -0.15) is 0 Å². The van der Waals surface area contributed by atoms with Gasteiger partial charge in [0.15, 0.2) is 0 Å². The number of nitrogens with zero attached hydrogens (tertiary/aromatic N) is 1. The summed E-state index contributed by atoms with van der Waals surface area (Å²) < 4.78 is 5.12. The summed E-state index contributed by atoms with van der Waals surface area (Å²) in [6.07, 6.45) is 1.91. The van der Waals surface area contributed by atoms with E-state index in [0.29, 0.717) is 17.9 Å². The molecule has 4 nitrogen and oxygen atoms in total. The summed E-state index contributed by atoms with van der Waals surface area (Å²) in [5, 5.41) is 11.3. The Morgan fingerprint density at radius 3 is 2.70 bits per heavy atom. The number of benzene rings is 1. The van der Waals surface area contributed by atoms with E-state index in [4.69, 9.17) is 4.74 Å². The maximum atomic E-state index is 11.3. The molecule has 0 radical (unpaired) electrons. The number of rotatable bonds is 5. The average Bonchev–Trinajstić information content (AvgIpc) is 2.45. The minimum absolute atomic E-state index is 0. The zero-order chi connectivity index (χ0) is 13.7. The average molecular weight is 279 g/mol. The van der Waals surface area contributed by atoms with E-state index in [1.807, 2.05) is 24.3 Å². The number of carbonyl (C=O) groups excluding carboxylic acids is 1. The molecule has 98 valence electrons. The van der Waals surface area contributed by atoms with Crippen molar-refractivity contribution in [2.45, 2.75) is 12.3 Å². The van der Waals surface area contributed by atoms with Gasteiger partial charge in [-0.15, -0.1) is 0 Å². The summed E-state index contributed by atoms with van der Waals surface area (Å²) >= 11 is 0. The van der Waals surface area contributed by atoms with Crippen LogP contribution >= 0.6 is 0 Å². The molecule has 1 unspecified atom stereocenters. The van der Waals surface area contributed by atoms with Crippen LogP contribution in [0.4, 0.5) is 0 Å². The molecule has 0 saturated heterocycles. The molecule has 0 fully saturated rings. The van der Waals surface area contributed by atoms with Crippen molar-refractivity contribution in [3.8, 4) is 5.75 Å². The normalized spacial score (nSPS) is 11.2. The molecule has 20 heavy (non-hydrogen) atoms. The minimum atomic E-state index is -1.12. The van der Waals surface area contributed by atoms with E-state index in [0.717, 1.165) is 5.56 Å². The van der Waals surface area contributed by atoms with Crippen molar-refractivity contribution in [2.24, 2.45) is 0 Å². The zero-order valence-electron chi connectivity index (χ0n) is 11.6. The molecular weight excluding hydrogens is 265 g/mol. The van der Waals surface area contributed by atoms with Gasteiger partial charge in [-0.1, -0.05) is 18.2 Å². The summed E-state index contributed by atoms with van der Waals surface area (Å²) in [7, 11) is 1.58. The summed E-state index contributed by atoms with van der Waals surface area (Å²) in [5.41, 5.74) is 1.38. The number of carboxylic acids is 1. The maximum Gasteiger partial charge on any atom is 1.00 e. The largest absolute Gasteiger partial charge is 1.00 e. The van der Waals surface area contributed by atoms with Crippen LogP contribution in [0.2, 0.25) is 0 Å². The smallest absolute Gasteiger partial charge is 0.549 e. The quantitative estimate of drug-likeness (QED) is 0.604. The first-order chi connectivity index (χ1) is 9.20. The molecule has 1 atom stereocenters. The Morgan fingerprint density at radius 2 is 2.10 bits per heavy atom. The van der Waals surface area contributed by atoms with Gasteiger partial charge in [0.05, 0.1) is 13.1 Å². The summed E-state index contributed by atoms with van der Waals surface area (Å²) in [5.74, 6) is -1.18. The van der Waals surface area contributed by atoms with Crippen molar-refractivity contribution in [1.29, 1.82) is 0 Å². The number of carboxylic acid groups (broad SMARTS) is 1. The SMILES string of the molecule is COc1cccc(CC(C(=O)[O-])c2ccccn2)c1.[Na+]. The Balaban J connectivity index is 0.00000200. The van der Waals surface area contributed by atoms with Crippen molar-refractivity contribution < 1.29 is 44.2 Å². The van der Waals surface area contributed by atoms with Crippen LogP contribution in [0.25, 0.3) is 0 Å². The van der Waals surface area contributed by atoms with Crippen molar-refractivity contribution in [2.75, 3.05) is 7.11 Å². The molecule has 0 aliphatic carbocycles. The number of hydrogen-bond acceptors (Lipinski definition) is 4. The van der Waals surface area contributed by atoms with Crippen LogP contribution < -0.4 is 39.4 Å². The monoisotopic (exact) mass is 279 g/mol. The number of aromatic nitrogens is 1. The van der Waals surface area contributed by atoms with E-state index in [1.165, 1.54) is 0 Å². The fourth-order valence-corrected chi connectivity index (χ4v) is 1.93. The van der Waals surface area contributed by atoms with Gasteiger partial charge in [0.2, 0.25) is 0 Å². The van der Waals surface area contributed by atoms with E-state index in [9.17, 15) is 9.90 Å². The van der Waals surface area contributed by atoms with Crippen LogP contribution in [-0.2, 0) is 11.2 Å². The molecule has 0 aliphatic heterocycles. The Morgan fingerprint density at radius 1 is 1.30 bits per heavy atom. The van der Waals surface area contributed by atoms with Crippen molar-refractivity contribution in [1.82, 2.24) is 4.98 Å². The summed E-state index contributed by atoms with van der Waals surface area (Å²) in [6.45, 7) is 0. The van der Waals surface area contributed by atoms with Crippen molar-refractivity contribution in [3.63, 3.8) is 0 Å². The van der Waals surface area contributed by atoms with Gasteiger partial charge < -0.3 is 14.6 Å². The molecule has 0 N–H and O–H groups in total. The molecule has 1 aromatic heterocycles. The topological polar surface area (TPSA) is 62.2 Å². The molecule has 0 aliphatic rings. The van der Waals surface area contributed by atoms with Crippen LogP contribution in [0.5, 0.6) is 5.75 Å². The first-order valence-corrected chi connectivity index (χ1v) is 5.95. The molecule has 1 heterocycles. The molecule has 2 aromatic rings. The Hall–Kier alpha value is -1.36. The maximum absolute atomic E-state index is 11.3. The van der Waals surface area contributed by atoms with Gasteiger partial charge in [-0.25, -0.2) is 0 Å². The van der Waals surface area contributed by atoms with Gasteiger partial charge in [0.25, 0.3) is 0 Å². The molecule has 0 bridgehead atoms. The number of ether oxygens (including phenoxy) is 1. The predicted molar refractivity (Wildman–Crippen MR) is 68.7 cm³/mol. The first kappa shape index (κ1) is 16.7.